The van der Waals surface area contributed by atoms with Crippen LogP contribution in [0.4, 0.5) is 4.79 Å². The Hall–Kier alpha value is -4.70. The molecule has 1 atom stereocenters. The number of fused-ring (bicyclic) bond motifs is 1. The summed E-state index contributed by atoms with van der Waals surface area (Å²) in [5, 5.41) is 0.683. The quantitative estimate of drug-likeness (QED) is 0.219. The lowest BCUT2D eigenvalue weighted by Gasteiger charge is -2.22. The van der Waals surface area contributed by atoms with Gasteiger partial charge >= 0.3 is 6.09 Å². The molecule has 6 rings (SSSR count). The molecule has 0 aliphatic carbocycles. The van der Waals surface area contributed by atoms with E-state index in [2.05, 4.69) is 0 Å². The monoisotopic (exact) mass is 582 g/mol. The first-order valence-electron chi connectivity index (χ1n) is 13.7. The molecule has 3 aromatic carbocycles. The summed E-state index contributed by atoms with van der Waals surface area (Å²) in [4.78, 5) is 39.1. The van der Waals surface area contributed by atoms with E-state index in [1.807, 2.05) is 72.8 Å². The Labute approximate surface area is 246 Å². The molecule has 9 nitrogen and oxygen atoms in total. The van der Waals surface area contributed by atoms with Crippen molar-refractivity contribution in [3.8, 4) is 22.9 Å². The van der Waals surface area contributed by atoms with E-state index in [1.165, 1.54) is 11.3 Å². The maximum atomic E-state index is 14.0. The fourth-order valence-electron chi connectivity index (χ4n) is 5.22. The fourth-order valence-corrected chi connectivity index (χ4v) is 6.30. The van der Waals surface area contributed by atoms with Crippen LogP contribution in [0.1, 0.15) is 35.0 Å². The number of thiazole rings is 1. The summed E-state index contributed by atoms with van der Waals surface area (Å²) in [5.41, 5.74) is 2.57. The molecular weight excluding hydrogens is 552 g/mol. The van der Waals surface area contributed by atoms with E-state index < -0.39 is 0 Å². The van der Waals surface area contributed by atoms with Gasteiger partial charge in [0.25, 0.3) is 5.56 Å². The highest BCUT2D eigenvalue weighted by Crippen LogP contribution is 2.36. The number of likely N-dealkylation sites (tertiary alicyclic amines) is 1. The summed E-state index contributed by atoms with van der Waals surface area (Å²) in [6.45, 7) is 0.996. The van der Waals surface area contributed by atoms with Gasteiger partial charge in [0.15, 0.2) is 10.3 Å². The van der Waals surface area contributed by atoms with Crippen molar-refractivity contribution in [1.82, 2.24) is 19.4 Å². The molecule has 0 unspecified atom stereocenters. The Morgan fingerprint density at radius 1 is 0.976 bits per heavy atom. The third-order valence-electron chi connectivity index (χ3n) is 7.37. The number of aromatic nitrogens is 3. The topological polar surface area (TPSA) is 95.8 Å². The minimum Gasteiger partial charge on any atom is -0.497 e. The van der Waals surface area contributed by atoms with Gasteiger partial charge in [-0.25, -0.2) is 14.8 Å². The lowest BCUT2D eigenvalue weighted by molar-refractivity contribution is 0.0920. The molecule has 3 heterocycles. The van der Waals surface area contributed by atoms with Crippen LogP contribution in [-0.4, -0.2) is 46.3 Å². The van der Waals surface area contributed by atoms with Crippen LogP contribution in [0.3, 0.4) is 0 Å². The average Bonchev–Trinajstić information content (AvgIpc) is 3.70. The Kier molecular flexibility index (Phi) is 7.87. The number of hydrogen-bond acceptors (Lipinski definition) is 8. The molecule has 1 amide bonds. The number of carbonyl (C=O) groups excluding carboxylic acids is 1. The van der Waals surface area contributed by atoms with Crippen molar-refractivity contribution in [2.24, 2.45) is 0 Å². The van der Waals surface area contributed by atoms with Gasteiger partial charge in [0.05, 0.1) is 26.8 Å². The number of nitrogens with zero attached hydrogens (tertiary/aromatic N) is 4. The molecule has 0 N–H and O–H groups in total. The summed E-state index contributed by atoms with van der Waals surface area (Å²) >= 11 is 1.35. The van der Waals surface area contributed by atoms with E-state index in [0.29, 0.717) is 33.7 Å². The van der Waals surface area contributed by atoms with Crippen LogP contribution < -0.4 is 15.0 Å². The van der Waals surface area contributed by atoms with Gasteiger partial charge < -0.3 is 14.2 Å². The minimum absolute atomic E-state index is 0.199. The van der Waals surface area contributed by atoms with Crippen LogP contribution in [0.5, 0.6) is 11.5 Å². The second kappa shape index (κ2) is 12.0. The molecule has 5 aromatic rings. The van der Waals surface area contributed by atoms with Crippen LogP contribution in [-0.2, 0) is 17.9 Å². The SMILES string of the molecule is COc1ccc(Cn2c(-c3ccccc3)nc3sc([C@H]4CCCN4C(=O)OCc4ccccc4)nc3c2=O)c(OC)c1. The largest absolute Gasteiger partial charge is 0.497 e. The van der Waals surface area contributed by atoms with E-state index in [4.69, 9.17) is 24.2 Å². The third kappa shape index (κ3) is 5.45. The van der Waals surface area contributed by atoms with Crippen LogP contribution >= 0.6 is 11.3 Å². The lowest BCUT2D eigenvalue weighted by atomic mass is 10.1. The smallest absolute Gasteiger partial charge is 0.410 e. The van der Waals surface area contributed by atoms with Gasteiger partial charge in [-0.3, -0.25) is 14.3 Å². The van der Waals surface area contributed by atoms with Gasteiger partial charge in [-0.1, -0.05) is 72.0 Å². The van der Waals surface area contributed by atoms with Crippen molar-refractivity contribution in [2.75, 3.05) is 20.8 Å². The van der Waals surface area contributed by atoms with Crippen LogP contribution in [0.25, 0.3) is 21.7 Å². The average molecular weight is 583 g/mol. The summed E-state index contributed by atoms with van der Waals surface area (Å²) in [7, 11) is 3.18. The van der Waals surface area contributed by atoms with E-state index in [-0.39, 0.29) is 36.4 Å². The molecule has 1 aliphatic heterocycles. The Morgan fingerprint density at radius 3 is 2.48 bits per heavy atom. The highest BCUT2D eigenvalue weighted by molar-refractivity contribution is 7.18. The number of ether oxygens (including phenoxy) is 3. The highest BCUT2D eigenvalue weighted by Gasteiger charge is 2.34. The third-order valence-corrected chi connectivity index (χ3v) is 8.42. The second-order valence-electron chi connectivity index (χ2n) is 9.97. The van der Waals surface area contributed by atoms with Gasteiger partial charge in [-0.05, 0) is 30.5 Å². The fraction of sp³-hybridized carbons (Fsp3) is 0.250. The number of hydrogen-bond donors (Lipinski definition) is 0. The number of carbonyl (C=O) groups is 1. The molecule has 10 heteroatoms. The normalized spacial score (nSPS) is 14.7. The molecule has 1 fully saturated rings. The Bertz CT molecular complexity index is 1770. The molecule has 0 saturated carbocycles. The van der Waals surface area contributed by atoms with Gasteiger partial charge in [0, 0.05) is 23.7 Å². The Balaban J connectivity index is 1.36. The maximum Gasteiger partial charge on any atom is 0.410 e. The molecule has 214 valence electrons. The molecule has 0 radical (unpaired) electrons. The van der Waals surface area contributed by atoms with Crippen molar-refractivity contribution in [3.05, 3.63) is 105 Å². The summed E-state index contributed by atoms with van der Waals surface area (Å²) < 4.78 is 18.2. The zero-order valence-electron chi connectivity index (χ0n) is 23.4. The zero-order valence-corrected chi connectivity index (χ0v) is 24.2. The van der Waals surface area contributed by atoms with Gasteiger partial charge in [0.2, 0.25) is 0 Å². The summed E-state index contributed by atoms with van der Waals surface area (Å²) in [6, 6.07) is 24.4. The molecule has 0 bridgehead atoms. The highest BCUT2D eigenvalue weighted by atomic mass is 32.1. The van der Waals surface area contributed by atoms with Crippen molar-refractivity contribution in [2.45, 2.75) is 32.0 Å². The van der Waals surface area contributed by atoms with Crippen molar-refractivity contribution >= 4 is 27.8 Å². The van der Waals surface area contributed by atoms with E-state index in [0.717, 1.165) is 29.5 Å². The van der Waals surface area contributed by atoms with Gasteiger partial charge in [-0.15, -0.1) is 0 Å². The molecule has 0 spiro atoms. The zero-order chi connectivity index (χ0) is 29.1. The second-order valence-corrected chi connectivity index (χ2v) is 11.0. The van der Waals surface area contributed by atoms with E-state index >= 15 is 0 Å². The predicted octanol–water partition coefficient (Wildman–Crippen LogP) is 6.06. The van der Waals surface area contributed by atoms with Gasteiger partial charge in [-0.2, -0.15) is 0 Å². The van der Waals surface area contributed by atoms with Crippen LogP contribution in [0.2, 0.25) is 0 Å². The predicted molar refractivity (Wildman–Crippen MR) is 161 cm³/mol. The molecule has 1 saturated heterocycles. The number of methoxy groups -OCH3 is 2. The number of benzene rings is 3. The minimum atomic E-state index is -0.387. The number of rotatable bonds is 8. The first kappa shape index (κ1) is 27.5. The van der Waals surface area contributed by atoms with Crippen LogP contribution in [0, 0.1) is 0 Å². The standard InChI is InChI=1S/C32H30N4O5S/c1-39-24-16-15-23(26(18-24)40-2)19-36-28(22-12-7-4-8-13-22)34-30-27(31(36)37)33-29(42-30)25-14-9-17-35(25)32(38)41-20-21-10-5-3-6-11-21/h3-8,10-13,15-16,18,25H,9,14,17,19-20H2,1-2H3/t25-/m1/s1. The molecule has 42 heavy (non-hydrogen) atoms. The molecule has 2 aromatic heterocycles. The molecular formula is C32H30N4O5S. The van der Waals surface area contributed by atoms with Crippen LogP contribution in [0.15, 0.2) is 83.7 Å². The first-order chi connectivity index (χ1) is 20.6. The van der Waals surface area contributed by atoms with E-state index in [9.17, 15) is 9.59 Å². The first-order valence-corrected chi connectivity index (χ1v) is 14.5. The van der Waals surface area contributed by atoms with Crippen molar-refractivity contribution < 1.29 is 19.0 Å². The lowest BCUT2D eigenvalue weighted by Crippen LogP contribution is -2.31. The summed E-state index contributed by atoms with van der Waals surface area (Å²) in [6.07, 6.45) is 1.18. The maximum absolute atomic E-state index is 14.0. The van der Waals surface area contributed by atoms with Crippen molar-refractivity contribution in [3.63, 3.8) is 0 Å². The van der Waals surface area contributed by atoms with Gasteiger partial charge in [0.1, 0.15) is 28.9 Å². The van der Waals surface area contributed by atoms with Crippen molar-refractivity contribution in [1.29, 1.82) is 0 Å². The summed E-state index contributed by atoms with van der Waals surface area (Å²) in [5.74, 6) is 1.80. The Morgan fingerprint density at radius 2 is 1.74 bits per heavy atom. The molecule has 1 aliphatic rings. The number of amides is 1. The van der Waals surface area contributed by atoms with E-state index in [1.54, 1.807) is 29.8 Å².